The molecule has 0 saturated carbocycles. The average molecular weight is 337 g/mol. The van der Waals surface area contributed by atoms with E-state index >= 15 is 0 Å². The van der Waals surface area contributed by atoms with E-state index < -0.39 is 0 Å². The maximum absolute atomic E-state index is 12.7. The lowest BCUT2D eigenvalue weighted by molar-refractivity contribution is 0.0762. The number of aromatic nitrogens is 1. The predicted molar refractivity (Wildman–Crippen MR) is 96.7 cm³/mol. The summed E-state index contributed by atoms with van der Waals surface area (Å²) < 4.78 is 0. The van der Waals surface area contributed by atoms with Gasteiger partial charge in [-0.3, -0.25) is 4.79 Å². The molecule has 5 heteroatoms. The molecule has 0 fully saturated rings. The zero-order valence-electron chi connectivity index (χ0n) is 13.6. The van der Waals surface area contributed by atoms with E-state index in [1.807, 2.05) is 18.2 Å². The summed E-state index contributed by atoms with van der Waals surface area (Å²) in [5.41, 5.74) is 2.05. The van der Waals surface area contributed by atoms with Crippen LogP contribution in [0.15, 0.2) is 60.3 Å². The summed E-state index contributed by atoms with van der Waals surface area (Å²) in [7, 11) is 0. The molecule has 0 atom stereocenters. The lowest BCUT2D eigenvalue weighted by atomic mass is 10.1. The maximum Gasteiger partial charge on any atom is 0.256 e. The molecule has 2 rings (SSSR count). The number of carbonyl (C=O) groups is 1. The third-order valence-electron chi connectivity index (χ3n) is 3.34. The van der Waals surface area contributed by atoms with Crippen LogP contribution in [0.5, 0.6) is 0 Å². The first-order valence-electron chi connectivity index (χ1n) is 7.66. The van der Waals surface area contributed by atoms with Crippen LogP contribution in [0, 0.1) is 11.3 Å². The maximum atomic E-state index is 12.7. The highest BCUT2D eigenvalue weighted by Gasteiger charge is 2.15. The highest BCUT2D eigenvalue weighted by molar-refractivity contribution is 7.99. The second kappa shape index (κ2) is 8.90. The minimum absolute atomic E-state index is 0.0993. The first kappa shape index (κ1) is 17.8. The van der Waals surface area contributed by atoms with Gasteiger partial charge >= 0.3 is 0 Å². The number of nitrogens with zero attached hydrogens (tertiary/aromatic N) is 3. The second-order valence-corrected chi connectivity index (χ2v) is 6.39. The normalized spacial score (nSPS) is 10.0. The molecule has 0 spiro atoms. The Balaban J connectivity index is 2.17. The van der Waals surface area contributed by atoms with Gasteiger partial charge < -0.3 is 4.90 Å². The minimum atomic E-state index is -0.0993. The number of hydrogen-bond acceptors (Lipinski definition) is 4. The van der Waals surface area contributed by atoms with Gasteiger partial charge in [0.05, 0.1) is 22.2 Å². The summed E-state index contributed by atoms with van der Waals surface area (Å²) in [5.74, 6) is 0.843. The summed E-state index contributed by atoms with van der Waals surface area (Å²) in [6.07, 6.45) is 3.31. The standard InChI is InChI=1S/C19H19N3OS/c1-3-10-22(14-16-7-5-6-15(11-16)12-20)19(23)17-8-9-18(21-13-17)24-4-2/h3,5-9,11,13H,1,4,10,14H2,2H3. The molecule has 1 heterocycles. The summed E-state index contributed by atoms with van der Waals surface area (Å²) in [4.78, 5) is 18.7. The fraction of sp³-hybridized carbons (Fsp3) is 0.211. The monoisotopic (exact) mass is 337 g/mol. The van der Waals surface area contributed by atoms with Crippen molar-refractivity contribution in [2.75, 3.05) is 12.3 Å². The van der Waals surface area contributed by atoms with Gasteiger partial charge in [0, 0.05) is 19.3 Å². The molecule has 0 aliphatic rings. The number of hydrogen-bond donors (Lipinski definition) is 0. The first-order valence-corrected chi connectivity index (χ1v) is 8.64. The Labute approximate surface area is 146 Å². The van der Waals surface area contributed by atoms with Crippen LogP contribution < -0.4 is 0 Å². The van der Waals surface area contributed by atoms with E-state index in [1.54, 1.807) is 47.1 Å². The molecule has 1 aromatic heterocycles. The topological polar surface area (TPSA) is 57.0 Å². The van der Waals surface area contributed by atoms with Crippen LogP contribution in [0.3, 0.4) is 0 Å². The van der Waals surface area contributed by atoms with Crippen LogP contribution in [-0.4, -0.2) is 28.1 Å². The predicted octanol–water partition coefficient (Wildman–Crippen LogP) is 3.89. The highest BCUT2D eigenvalue weighted by Crippen LogP contribution is 2.16. The molecule has 122 valence electrons. The molecular weight excluding hydrogens is 318 g/mol. The van der Waals surface area contributed by atoms with Crippen molar-refractivity contribution in [2.24, 2.45) is 0 Å². The SMILES string of the molecule is C=CCN(Cc1cccc(C#N)c1)C(=O)c1ccc(SCC)nc1. The zero-order valence-corrected chi connectivity index (χ0v) is 14.4. The Hall–Kier alpha value is -2.58. The Bertz CT molecular complexity index is 750. The van der Waals surface area contributed by atoms with E-state index in [1.165, 1.54) is 0 Å². The third kappa shape index (κ3) is 4.71. The quantitative estimate of drug-likeness (QED) is 0.568. The molecule has 0 unspecified atom stereocenters. The van der Waals surface area contributed by atoms with Gasteiger partial charge in [-0.15, -0.1) is 18.3 Å². The van der Waals surface area contributed by atoms with Gasteiger partial charge in [-0.05, 0) is 35.6 Å². The van der Waals surface area contributed by atoms with E-state index in [0.29, 0.717) is 24.2 Å². The fourth-order valence-electron chi connectivity index (χ4n) is 2.26. The highest BCUT2D eigenvalue weighted by atomic mass is 32.2. The largest absolute Gasteiger partial charge is 0.331 e. The van der Waals surface area contributed by atoms with Gasteiger partial charge in [-0.1, -0.05) is 25.1 Å². The minimum Gasteiger partial charge on any atom is -0.331 e. The number of nitriles is 1. The van der Waals surface area contributed by atoms with Crippen LogP contribution in [0.25, 0.3) is 0 Å². The first-order chi connectivity index (χ1) is 11.7. The van der Waals surface area contributed by atoms with Gasteiger partial charge in [0.2, 0.25) is 0 Å². The molecular formula is C19H19N3OS. The lowest BCUT2D eigenvalue weighted by Gasteiger charge is -2.21. The van der Waals surface area contributed by atoms with Crippen LogP contribution in [0.4, 0.5) is 0 Å². The van der Waals surface area contributed by atoms with Gasteiger partial charge in [0.15, 0.2) is 0 Å². The van der Waals surface area contributed by atoms with Crippen molar-refractivity contribution >= 4 is 17.7 Å². The molecule has 0 radical (unpaired) electrons. The molecule has 1 aromatic carbocycles. The molecule has 1 amide bonds. The van der Waals surface area contributed by atoms with Crippen LogP contribution in [-0.2, 0) is 6.54 Å². The van der Waals surface area contributed by atoms with E-state index in [-0.39, 0.29) is 5.91 Å². The van der Waals surface area contributed by atoms with Gasteiger partial charge in [-0.2, -0.15) is 5.26 Å². The van der Waals surface area contributed by atoms with Crippen LogP contribution in [0.1, 0.15) is 28.4 Å². The molecule has 24 heavy (non-hydrogen) atoms. The molecule has 0 saturated heterocycles. The number of carbonyl (C=O) groups excluding carboxylic acids is 1. The number of amides is 1. The summed E-state index contributed by atoms with van der Waals surface area (Å²) in [5, 5.41) is 9.91. The fourth-order valence-corrected chi connectivity index (χ4v) is 2.84. The van der Waals surface area contributed by atoms with Crippen molar-refractivity contribution in [1.82, 2.24) is 9.88 Å². The van der Waals surface area contributed by atoms with Crippen molar-refractivity contribution in [1.29, 1.82) is 5.26 Å². The van der Waals surface area contributed by atoms with E-state index in [0.717, 1.165) is 16.3 Å². The Morgan fingerprint density at radius 3 is 2.88 bits per heavy atom. The Morgan fingerprint density at radius 2 is 2.25 bits per heavy atom. The zero-order chi connectivity index (χ0) is 17.4. The molecule has 0 aliphatic heterocycles. The van der Waals surface area contributed by atoms with Crippen LogP contribution >= 0.6 is 11.8 Å². The molecule has 4 nitrogen and oxygen atoms in total. The van der Waals surface area contributed by atoms with Crippen molar-refractivity contribution < 1.29 is 4.79 Å². The smallest absolute Gasteiger partial charge is 0.256 e. The van der Waals surface area contributed by atoms with Crippen molar-refractivity contribution in [3.63, 3.8) is 0 Å². The lowest BCUT2D eigenvalue weighted by Crippen LogP contribution is -2.30. The van der Waals surface area contributed by atoms with Gasteiger partial charge in [0.25, 0.3) is 5.91 Å². The van der Waals surface area contributed by atoms with E-state index in [2.05, 4.69) is 24.6 Å². The van der Waals surface area contributed by atoms with Crippen LogP contribution in [0.2, 0.25) is 0 Å². The van der Waals surface area contributed by atoms with E-state index in [9.17, 15) is 4.79 Å². The van der Waals surface area contributed by atoms with Crippen molar-refractivity contribution in [2.45, 2.75) is 18.5 Å². The Kier molecular flexibility index (Phi) is 6.59. The van der Waals surface area contributed by atoms with Crippen molar-refractivity contribution in [3.8, 4) is 6.07 Å². The summed E-state index contributed by atoms with van der Waals surface area (Å²) >= 11 is 1.64. The number of benzene rings is 1. The molecule has 0 N–H and O–H groups in total. The number of rotatable bonds is 7. The average Bonchev–Trinajstić information content (AvgIpc) is 2.62. The second-order valence-electron chi connectivity index (χ2n) is 5.10. The summed E-state index contributed by atoms with van der Waals surface area (Å²) in [6, 6.07) is 13.1. The number of thioether (sulfide) groups is 1. The Morgan fingerprint density at radius 1 is 1.42 bits per heavy atom. The molecule has 0 bridgehead atoms. The van der Waals surface area contributed by atoms with Gasteiger partial charge in [0.1, 0.15) is 0 Å². The van der Waals surface area contributed by atoms with Gasteiger partial charge in [-0.25, -0.2) is 4.98 Å². The molecule has 2 aromatic rings. The third-order valence-corrected chi connectivity index (χ3v) is 4.17. The summed E-state index contributed by atoms with van der Waals surface area (Å²) in [6.45, 7) is 6.64. The number of pyridine rings is 1. The van der Waals surface area contributed by atoms with Crippen molar-refractivity contribution in [3.05, 3.63) is 71.9 Å². The van der Waals surface area contributed by atoms with E-state index in [4.69, 9.17) is 5.26 Å². The molecule has 0 aliphatic carbocycles.